The fraction of sp³-hybridized carbons (Fsp3) is 1.00. The van der Waals surface area contributed by atoms with Gasteiger partial charge in [-0.1, -0.05) is 27.7 Å². The van der Waals surface area contributed by atoms with Gasteiger partial charge < -0.3 is 10.1 Å². The summed E-state index contributed by atoms with van der Waals surface area (Å²) < 4.78 is 5.49. The summed E-state index contributed by atoms with van der Waals surface area (Å²) in [5, 5.41) is 3.42. The average Bonchev–Trinajstić information content (AvgIpc) is 2.14. The zero-order chi connectivity index (χ0) is 11.7. The molecule has 0 rings (SSSR count). The molecule has 3 heteroatoms. The van der Waals surface area contributed by atoms with Gasteiger partial charge in [-0.25, -0.2) is 0 Å². The van der Waals surface area contributed by atoms with Crippen LogP contribution in [-0.4, -0.2) is 31.7 Å². The highest BCUT2D eigenvalue weighted by atomic mass is 35.5. The molecule has 0 amide bonds. The van der Waals surface area contributed by atoms with Gasteiger partial charge in [0.05, 0.1) is 6.61 Å². The van der Waals surface area contributed by atoms with Gasteiger partial charge in [-0.15, -0.1) is 11.6 Å². The average molecular weight is 236 g/mol. The number of ether oxygens (including phenoxy) is 1. The maximum atomic E-state index is 5.87. The van der Waals surface area contributed by atoms with E-state index >= 15 is 0 Å². The van der Waals surface area contributed by atoms with Crippen LogP contribution in [0.2, 0.25) is 0 Å². The molecule has 15 heavy (non-hydrogen) atoms. The topological polar surface area (TPSA) is 21.3 Å². The number of halogens is 1. The third-order valence-corrected chi connectivity index (χ3v) is 2.45. The van der Waals surface area contributed by atoms with Crippen molar-refractivity contribution in [2.45, 2.75) is 40.2 Å². The molecule has 1 atom stereocenters. The quantitative estimate of drug-likeness (QED) is 0.490. The Hall–Kier alpha value is 0.210. The third kappa shape index (κ3) is 10.5. The number of hydrogen-bond donors (Lipinski definition) is 1. The van der Waals surface area contributed by atoms with E-state index in [9.17, 15) is 0 Å². The van der Waals surface area contributed by atoms with Crippen molar-refractivity contribution in [2.24, 2.45) is 11.8 Å². The van der Waals surface area contributed by atoms with Crippen LogP contribution >= 0.6 is 11.6 Å². The standard InChI is InChI=1S/C12H26ClNO/c1-10(2)7-12(8-13)14-5-6-15-9-11(3)4/h10-12,14H,5-9H2,1-4H3. The monoisotopic (exact) mass is 235 g/mol. The first kappa shape index (κ1) is 15.2. The van der Waals surface area contributed by atoms with E-state index in [-0.39, 0.29) is 0 Å². The van der Waals surface area contributed by atoms with Gasteiger partial charge in [-0.05, 0) is 18.3 Å². The summed E-state index contributed by atoms with van der Waals surface area (Å²) in [6.45, 7) is 11.3. The largest absolute Gasteiger partial charge is 0.380 e. The summed E-state index contributed by atoms with van der Waals surface area (Å²) in [5.74, 6) is 1.99. The van der Waals surface area contributed by atoms with Crippen molar-refractivity contribution in [1.29, 1.82) is 0 Å². The molecule has 0 bridgehead atoms. The lowest BCUT2D eigenvalue weighted by Crippen LogP contribution is -2.34. The summed E-state index contributed by atoms with van der Waals surface area (Å²) in [4.78, 5) is 0. The van der Waals surface area contributed by atoms with Gasteiger partial charge in [0.2, 0.25) is 0 Å². The molecule has 0 aromatic rings. The summed E-state index contributed by atoms with van der Waals surface area (Å²) in [6.07, 6.45) is 1.13. The van der Waals surface area contributed by atoms with E-state index in [1.165, 1.54) is 0 Å². The summed E-state index contributed by atoms with van der Waals surface area (Å²) >= 11 is 5.87. The molecule has 0 fully saturated rings. The highest BCUT2D eigenvalue weighted by Crippen LogP contribution is 2.05. The van der Waals surface area contributed by atoms with Crippen LogP contribution in [0.1, 0.15) is 34.1 Å². The molecule has 0 aromatic carbocycles. The van der Waals surface area contributed by atoms with Crippen LogP contribution in [0.4, 0.5) is 0 Å². The summed E-state index contributed by atoms with van der Waals surface area (Å²) in [5.41, 5.74) is 0. The second-order valence-electron chi connectivity index (χ2n) is 4.90. The summed E-state index contributed by atoms with van der Waals surface area (Å²) in [6, 6.07) is 0.425. The predicted molar refractivity (Wildman–Crippen MR) is 67.6 cm³/mol. The maximum Gasteiger partial charge on any atom is 0.0591 e. The molecule has 1 N–H and O–H groups in total. The van der Waals surface area contributed by atoms with Crippen LogP contribution in [0.15, 0.2) is 0 Å². The number of nitrogens with one attached hydrogen (secondary N) is 1. The van der Waals surface area contributed by atoms with E-state index in [4.69, 9.17) is 16.3 Å². The molecule has 0 aliphatic rings. The van der Waals surface area contributed by atoms with Gasteiger partial charge in [0.25, 0.3) is 0 Å². The van der Waals surface area contributed by atoms with Gasteiger partial charge in [0, 0.05) is 25.1 Å². The van der Waals surface area contributed by atoms with Gasteiger partial charge >= 0.3 is 0 Å². The van der Waals surface area contributed by atoms with Crippen molar-refractivity contribution >= 4 is 11.6 Å². The zero-order valence-corrected chi connectivity index (χ0v) is 11.3. The van der Waals surface area contributed by atoms with Gasteiger partial charge in [-0.3, -0.25) is 0 Å². The molecule has 0 saturated carbocycles. The maximum absolute atomic E-state index is 5.87. The third-order valence-electron chi connectivity index (χ3n) is 2.07. The Morgan fingerprint density at radius 3 is 2.27 bits per heavy atom. The molecule has 0 heterocycles. The first-order chi connectivity index (χ1) is 7.06. The highest BCUT2D eigenvalue weighted by molar-refractivity contribution is 6.18. The number of rotatable bonds is 9. The second-order valence-corrected chi connectivity index (χ2v) is 5.21. The Bertz CT molecular complexity index is 140. The van der Waals surface area contributed by atoms with Gasteiger partial charge in [0.15, 0.2) is 0 Å². The lowest BCUT2D eigenvalue weighted by molar-refractivity contribution is 0.110. The van der Waals surface area contributed by atoms with Crippen LogP contribution in [0.25, 0.3) is 0 Å². The zero-order valence-electron chi connectivity index (χ0n) is 10.6. The van der Waals surface area contributed by atoms with Crippen LogP contribution in [0, 0.1) is 11.8 Å². The first-order valence-corrected chi connectivity index (χ1v) is 6.46. The van der Waals surface area contributed by atoms with Crippen molar-refractivity contribution in [3.8, 4) is 0 Å². The Balaban J connectivity index is 3.38. The molecule has 0 aliphatic carbocycles. The van der Waals surface area contributed by atoms with E-state index in [0.29, 0.717) is 23.8 Å². The fourth-order valence-corrected chi connectivity index (χ4v) is 1.66. The molecule has 92 valence electrons. The number of alkyl halides is 1. The van der Waals surface area contributed by atoms with Crippen molar-refractivity contribution in [2.75, 3.05) is 25.6 Å². The van der Waals surface area contributed by atoms with Crippen molar-refractivity contribution < 1.29 is 4.74 Å². The lowest BCUT2D eigenvalue weighted by Gasteiger charge is -2.18. The van der Waals surface area contributed by atoms with E-state index < -0.39 is 0 Å². The Kier molecular flexibility index (Phi) is 9.57. The van der Waals surface area contributed by atoms with E-state index in [1.54, 1.807) is 0 Å². The molecule has 1 unspecified atom stereocenters. The fourth-order valence-electron chi connectivity index (χ4n) is 1.42. The SMILES string of the molecule is CC(C)COCCNC(CCl)CC(C)C. The van der Waals surface area contributed by atoms with Crippen molar-refractivity contribution in [3.63, 3.8) is 0 Å². The minimum absolute atomic E-state index is 0.425. The molecule has 2 nitrogen and oxygen atoms in total. The molecular weight excluding hydrogens is 210 g/mol. The Morgan fingerprint density at radius 1 is 1.13 bits per heavy atom. The summed E-state index contributed by atoms with van der Waals surface area (Å²) in [7, 11) is 0. The molecule has 0 aromatic heterocycles. The smallest absolute Gasteiger partial charge is 0.0591 e. The van der Waals surface area contributed by atoms with Crippen molar-refractivity contribution in [1.82, 2.24) is 5.32 Å². The van der Waals surface area contributed by atoms with Gasteiger partial charge in [-0.2, -0.15) is 0 Å². The molecule has 0 radical (unpaired) electrons. The Morgan fingerprint density at radius 2 is 1.80 bits per heavy atom. The molecular formula is C12H26ClNO. The van der Waals surface area contributed by atoms with E-state index in [2.05, 4.69) is 33.0 Å². The van der Waals surface area contributed by atoms with E-state index in [0.717, 1.165) is 26.2 Å². The molecule has 0 saturated heterocycles. The molecule has 0 spiro atoms. The second kappa shape index (κ2) is 9.44. The van der Waals surface area contributed by atoms with Gasteiger partial charge in [0.1, 0.15) is 0 Å². The van der Waals surface area contributed by atoms with Crippen LogP contribution in [0.3, 0.4) is 0 Å². The van der Waals surface area contributed by atoms with Crippen molar-refractivity contribution in [3.05, 3.63) is 0 Å². The lowest BCUT2D eigenvalue weighted by atomic mass is 10.1. The van der Waals surface area contributed by atoms with E-state index in [1.807, 2.05) is 0 Å². The Labute approximate surface area is 99.7 Å². The normalized spacial score (nSPS) is 13.8. The van der Waals surface area contributed by atoms with Crippen LogP contribution in [-0.2, 0) is 4.74 Å². The minimum atomic E-state index is 0.425. The minimum Gasteiger partial charge on any atom is -0.380 e. The highest BCUT2D eigenvalue weighted by Gasteiger charge is 2.08. The molecule has 0 aliphatic heterocycles. The predicted octanol–water partition coefficient (Wildman–Crippen LogP) is 2.90. The van der Waals surface area contributed by atoms with Crippen LogP contribution < -0.4 is 5.32 Å². The van der Waals surface area contributed by atoms with Crippen LogP contribution in [0.5, 0.6) is 0 Å². The number of hydrogen-bond acceptors (Lipinski definition) is 2. The first-order valence-electron chi connectivity index (χ1n) is 5.93.